The van der Waals surface area contributed by atoms with Crippen molar-refractivity contribution in [1.29, 1.82) is 0 Å². The van der Waals surface area contributed by atoms with Crippen LogP contribution in [-0.4, -0.2) is 154 Å². The average Bonchev–Trinajstić information content (AvgIpc) is 3.63. The molecular formula is C35H60N10O12S. The minimum Gasteiger partial charge on any atom is -0.480 e. The molecule has 1 fully saturated rings. The highest BCUT2D eigenvalue weighted by Gasteiger charge is 2.40. The molecule has 0 bridgehead atoms. The summed E-state index contributed by atoms with van der Waals surface area (Å²) in [5, 5.41) is 35.8. The Labute approximate surface area is 341 Å². The van der Waals surface area contributed by atoms with Gasteiger partial charge in [0.05, 0.1) is 25.1 Å². The summed E-state index contributed by atoms with van der Waals surface area (Å²) < 4.78 is 0. The first-order valence-electron chi connectivity index (χ1n) is 18.8. The summed E-state index contributed by atoms with van der Waals surface area (Å²) in [5.74, 6) is -8.70. The van der Waals surface area contributed by atoms with Crippen molar-refractivity contribution < 1.29 is 58.2 Å². The molecule has 1 heterocycles. The summed E-state index contributed by atoms with van der Waals surface area (Å²) in [4.78, 5) is 128. The smallest absolute Gasteiger partial charge is 0.322 e. The summed E-state index contributed by atoms with van der Waals surface area (Å²) in [6.45, 7) is 8.04. The van der Waals surface area contributed by atoms with Crippen LogP contribution in [0.2, 0.25) is 0 Å². The number of carboxylic acids is 1. The van der Waals surface area contributed by atoms with E-state index < -0.39 is 139 Å². The zero-order valence-electron chi connectivity index (χ0n) is 33.9. The number of carbonyl (C=O) groups is 10. The maximum Gasteiger partial charge on any atom is 0.322 e. The Morgan fingerprint density at radius 3 is 1.86 bits per heavy atom. The Balaban J connectivity index is 3.05. The van der Waals surface area contributed by atoms with E-state index in [2.05, 4.69) is 37.2 Å². The number of aliphatic hydroxyl groups excluding tert-OH is 1. The lowest BCUT2D eigenvalue weighted by Gasteiger charge is -2.31. The topological polar surface area (TPSA) is 351 Å². The lowest BCUT2D eigenvalue weighted by molar-refractivity contribution is -0.143. The predicted octanol–water partition coefficient (Wildman–Crippen LogP) is -4.61. The fourth-order valence-electron chi connectivity index (χ4n) is 5.71. The molecule has 9 amide bonds. The first-order valence-corrected chi connectivity index (χ1v) is 20.2. The third-order valence-electron chi connectivity index (χ3n) is 8.99. The maximum atomic E-state index is 13.8. The average molecular weight is 845 g/mol. The zero-order valence-corrected chi connectivity index (χ0v) is 34.7. The van der Waals surface area contributed by atoms with Crippen LogP contribution in [0.5, 0.6) is 0 Å². The van der Waals surface area contributed by atoms with Crippen LogP contribution in [0.15, 0.2) is 0 Å². The standard InChI is InChI=1S/C35H60N10O12S/c1-16(2)26(34(56)40-18(5)29(51)44-28(19(6)46)33(55)39-15-25(49)50)43-31(53)21(10-12-58-7)41-32(54)22-9-8-11-45(22)35(57)27(17(3)4)42-24(48)14-38-30(52)20(36)13-23(37)47/h16-22,26-28,46H,8-15,36H2,1-7H3,(H2,37,47)(H,38,52)(H,39,55)(H,40,56)(H,41,54)(H,42,48)(H,43,53)(H,44,51)(H,49,50)/t18-,19+,20-,21-,22-,26-,27-,28-/m0/s1. The monoisotopic (exact) mass is 844 g/mol. The summed E-state index contributed by atoms with van der Waals surface area (Å²) in [6.07, 6.45) is 0.804. The number of aliphatic carboxylic acids is 1. The van der Waals surface area contributed by atoms with Crippen LogP contribution >= 0.6 is 11.8 Å². The molecule has 1 aliphatic rings. The van der Waals surface area contributed by atoms with Gasteiger partial charge in [0.15, 0.2) is 0 Å². The number of amides is 9. The number of nitrogens with one attached hydrogen (secondary N) is 7. The van der Waals surface area contributed by atoms with Gasteiger partial charge in [-0.1, -0.05) is 27.7 Å². The number of hydrogen-bond acceptors (Lipinski definition) is 13. The first kappa shape index (κ1) is 51.0. The molecule has 23 heteroatoms. The van der Waals surface area contributed by atoms with E-state index in [1.807, 2.05) is 0 Å². The Morgan fingerprint density at radius 2 is 1.33 bits per heavy atom. The molecule has 1 rings (SSSR count). The summed E-state index contributed by atoms with van der Waals surface area (Å²) in [7, 11) is 0. The van der Waals surface area contributed by atoms with Gasteiger partial charge in [-0.2, -0.15) is 11.8 Å². The van der Waals surface area contributed by atoms with Crippen molar-refractivity contribution in [2.24, 2.45) is 23.3 Å². The number of primary amides is 1. The van der Waals surface area contributed by atoms with E-state index in [0.717, 1.165) is 0 Å². The van der Waals surface area contributed by atoms with Crippen LogP contribution in [0.1, 0.15) is 67.2 Å². The van der Waals surface area contributed by atoms with Gasteiger partial charge in [0.1, 0.15) is 42.8 Å². The van der Waals surface area contributed by atoms with Gasteiger partial charge in [0.25, 0.3) is 0 Å². The largest absolute Gasteiger partial charge is 0.480 e. The first-order chi connectivity index (χ1) is 27.0. The quantitative estimate of drug-likeness (QED) is 0.0436. The number of nitrogens with two attached hydrogens (primary N) is 2. The van der Waals surface area contributed by atoms with Crippen molar-refractivity contribution in [3.63, 3.8) is 0 Å². The lowest BCUT2D eigenvalue weighted by atomic mass is 10.0. The Bertz CT molecular complexity index is 1510. The van der Waals surface area contributed by atoms with Gasteiger partial charge in [0, 0.05) is 6.54 Å². The highest BCUT2D eigenvalue weighted by atomic mass is 32.2. The fraction of sp³-hybridized carbons (Fsp3) is 0.714. The van der Waals surface area contributed by atoms with E-state index in [4.69, 9.17) is 16.6 Å². The molecule has 22 nitrogen and oxygen atoms in total. The molecule has 0 aliphatic carbocycles. The normalized spacial score (nSPS) is 17.4. The van der Waals surface area contributed by atoms with E-state index in [-0.39, 0.29) is 19.4 Å². The van der Waals surface area contributed by atoms with Crippen LogP contribution in [0.25, 0.3) is 0 Å². The van der Waals surface area contributed by atoms with Gasteiger partial charge in [-0.15, -0.1) is 0 Å². The number of aliphatic hydroxyl groups is 1. The molecular weight excluding hydrogens is 785 g/mol. The van der Waals surface area contributed by atoms with Gasteiger partial charge < -0.3 is 63.8 Å². The fourth-order valence-corrected chi connectivity index (χ4v) is 6.19. The maximum absolute atomic E-state index is 13.8. The summed E-state index contributed by atoms with van der Waals surface area (Å²) in [6, 6.07) is -8.51. The molecule has 0 aromatic rings. The van der Waals surface area contributed by atoms with Crippen molar-refractivity contribution in [3.05, 3.63) is 0 Å². The van der Waals surface area contributed by atoms with E-state index >= 15 is 0 Å². The molecule has 0 spiro atoms. The van der Waals surface area contributed by atoms with E-state index in [0.29, 0.717) is 12.2 Å². The van der Waals surface area contributed by atoms with Gasteiger partial charge in [0.2, 0.25) is 53.2 Å². The van der Waals surface area contributed by atoms with Gasteiger partial charge in [-0.05, 0) is 57.0 Å². The minimum atomic E-state index is -1.53. The number of rotatable bonds is 24. The number of carbonyl (C=O) groups excluding carboxylic acids is 9. The highest BCUT2D eigenvalue weighted by molar-refractivity contribution is 7.98. The van der Waals surface area contributed by atoms with E-state index in [9.17, 15) is 53.1 Å². The Hall–Kier alpha value is -5.03. The second-order valence-electron chi connectivity index (χ2n) is 14.6. The highest BCUT2D eigenvalue weighted by Crippen LogP contribution is 2.21. The molecule has 13 N–H and O–H groups in total. The third-order valence-corrected chi connectivity index (χ3v) is 9.63. The second-order valence-corrected chi connectivity index (χ2v) is 15.6. The van der Waals surface area contributed by atoms with Crippen LogP contribution in [0.4, 0.5) is 0 Å². The van der Waals surface area contributed by atoms with Crippen molar-refractivity contribution in [2.75, 3.05) is 31.6 Å². The summed E-state index contributed by atoms with van der Waals surface area (Å²) in [5.41, 5.74) is 10.7. The SMILES string of the molecule is CSCC[C@H](NC(=O)[C@@H]1CCCN1C(=O)[C@@H](NC(=O)CNC(=O)[C@@H](N)CC(N)=O)C(C)C)C(=O)N[C@H](C(=O)N[C@@H](C)C(=O)N[C@H](C(=O)NCC(=O)O)[C@@H](C)O)C(C)C. The molecule has 1 saturated heterocycles. The van der Waals surface area contributed by atoms with Crippen LogP contribution in [0.3, 0.4) is 0 Å². The number of hydrogen-bond donors (Lipinski definition) is 11. The number of nitrogens with zero attached hydrogens (tertiary/aromatic N) is 1. The number of carboxylic acid groups (broad SMARTS) is 1. The van der Waals surface area contributed by atoms with E-state index in [1.54, 1.807) is 34.0 Å². The lowest BCUT2D eigenvalue weighted by Crippen LogP contribution is -2.61. The number of thioether (sulfide) groups is 1. The Kier molecular flexibility index (Phi) is 21.7. The van der Waals surface area contributed by atoms with Crippen LogP contribution < -0.4 is 48.7 Å². The zero-order chi connectivity index (χ0) is 44.4. The van der Waals surface area contributed by atoms with Gasteiger partial charge in [-0.25, -0.2) is 0 Å². The predicted molar refractivity (Wildman–Crippen MR) is 210 cm³/mol. The van der Waals surface area contributed by atoms with Crippen molar-refractivity contribution in [2.45, 2.75) is 116 Å². The molecule has 328 valence electrons. The molecule has 0 saturated carbocycles. The van der Waals surface area contributed by atoms with Crippen molar-refractivity contribution in [1.82, 2.24) is 42.1 Å². The molecule has 58 heavy (non-hydrogen) atoms. The Morgan fingerprint density at radius 1 is 0.741 bits per heavy atom. The van der Waals surface area contributed by atoms with Crippen molar-refractivity contribution in [3.8, 4) is 0 Å². The molecule has 0 aromatic carbocycles. The molecule has 8 atom stereocenters. The molecule has 0 aromatic heterocycles. The number of likely N-dealkylation sites (tertiary alicyclic amines) is 1. The van der Waals surface area contributed by atoms with Crippen LogP contribution in [-0.2, 0) is 47.9 Å². The molecule has 1 aliphatic heterocycles. The summed E-state index contributed by atoms with van der Waals surface area (Å²) >= 11 is 1.40. The molecule has 0 radical (unpaired) electrons. The van der Waals surface area contributed by atoms with Gasteiger partial charge >= 0.3 is 5.97 Å². The van der Waals surface area contributed by atoms with Crippen LogP contribution in [0, 0.1) is 11.8 Å². The van der Waals surface area contributed by atoms with Gasteiger partial charge in [-0.3, -0.25) is 47.9 Å². The molecule has 0 unspecified atom stereocenters. The third kappa shape index (κ3) is 16.8. The van der Waals surface area contributed by atoms with E-state index in [1.165, 1.54) is 30.5 Å². The minimum absolute atomic E-state index is 0.148. The second kappa shape index (κ2) is 24.7. The van der Waals surface area contributed by atoms with Crippen molar-refractivity contribution >= 4 is 70.9 Å².